The minimum atomic E-state index is 0. The van der Waals surface area contributed by atoms with Crippen molar-refractivity contribution in [2.24, 2.45) is 0 Å². The average Bonchev–Trinajstić information content (AvgIpc) is 2.60. The van der Waals surface area contributed by atoms with Gasteiger partial charge in [-0.1, -0.05) is 0 Å². The molecule has 2 aromatic rings. The predicted molar refractivity (Wildman–Crippen MR) is 54.5 cm³/mol. The Morgan fingerprint density at radius 1 is 0.917 bits per heavy atom. The Hall–Kier alpha value is 0.200. The first-order chi connectivity index (χ1) is 5.45. The first-order valence-corrected chi connectivity index (χ1v) is 4.96. The third-order valence-corrected chi connectivity index (χ3v) is 2.68. The minimum absolute atomic E-state index is 0. The Labute approximate surface area is 101 Å². The van der Waals surface area contributed by atoms with Gasteiger partial charge in [-0.3, -0.25) is 0 Å². The summed E-state index contributed by atoms with van der Waals surface area (Å²) >= 11 is 3.21. The third kappa shape index (κ3) is 2.61. The summed E-state index contributed by atoms with van der Waals surface area (Å²) in [5.74, 6) is 0. The molecule has 1 nitrogen and oxygen atoms in total. The van der Waals surface area contributed by atoms with Gasteiger partial charge >= 0.3 is 0 Å². The van der Waals surface area contributed by atoms with Gasteiger partial charge in [-0.15, -0.1) is 22.7 Å². The maximum absolute atomic E-state index is 5.50. The fourth-order valence-corrected chi connectivity index (χ4v) is 1.97. The molecule has 57 valence electrons. The summed E-state index contributed by atoms with van der Waals surface area (Å²) in [5.41, 5.74) is 0. The normalized spacial score (nSPS) is 9.00. The van der Waals surface area contributed by atoms with Crippen LogP contribution in [0.3, 0.4) is 0 Å². The van der Waals surface area contributed by atoms with Crippen LogP contribution < -0.4 is 4.74 Å². The minimum Gasteiger partial charge on any atom is -0.436 e. The Bertz CT molecular complexity index is 269. The van der Waals surface area contributed by atoms with Crippen LogP contribution >= 0.6 is 22.7 Å². The monoisotopic (exact) mass is 205 g/mol. The first-order valence-electron chi connectivity index (χ1n) is 3.20. The van der Waals surface area contributed by atoms with Crippen LogP contribution in [0.15, 0.2) is 35.0 Å². The zero-order valence-corrected chi connectivity index (χ0v) is 10.3. The molecule has 0 bridgehead atoms. The van der Waals surface area contributed by atoms with Gasteiger partial charge in [0.2, 0.25) is 0 Å². The van der Waals surface area contributed by atoms with Crippen molar-refractivity contribution in [2.45, 2.75) is 0 Å². The van der Waals surface area contributed by atoms with Crippen molar-refractivity contribution in [1.29, 1.82) is 0 Å². The molecule has 4 heteroatoms. The number of rotatable bonds is 2. The van der Waals surface area contributed by atoms with Gasteiger partial charge in [0.05, 0.1) is 0 Å². The Morgan fingerprint density at radius 2 is 1.42 bits per heavy atom. The quantitative estimate of drug-likeness (QED) is 0.684. The van der Waals surface area contributed by atoms with E-state index in [2.05, 4.69) is 0 Å². The molecule has 0 fully saturated rings. The topological polar surface area (TPSA) is 9.23 Å². The number of thiophene rings is 2. The van der Waals surface area contributed by atoms with Crippen LogP contribution in [-0.2, 0) is 0 Å². The summed E-state index contributed by atoms with van der Waals surface area (Å²) in [5, 5.41) is 5.91. The molecule has 0 saturated carbocycles. The second-order valence-corrected chi connectivity index (χ2v) is 3.79. The van der Waals surface area contributed by atoms with Gasteiger partial charge in [0.15, 0.2) is 10.1 Å². The van der Waals surface area contributed by atoms with Crippen LogP contribution in [-0.4, -0.2) is 29.6 Å². The molecule has 2 rings (SSSR count). The number of hydrogen-bond donors (Lipinski definition) is 0. The Morgan fingerprint density at radius 3 is 1.75 bits per heavy atom. The van der Waals surface area contributed by atoms with Gasteiger partial charge < -0.3 is 4.74 Å². The average molecular weight is 205 g/mol. The van der Waals surface area contributed by atoms with Crippen molar-refractivity contribution >= 4 is 52.2 Å². The van der Waals surface area contributed by atoms with Crippen molar-refractivity contribution in [3.05, 3.63) is 35.0 Å². The molecule has 0 amide bonds. The van der Waals surface area contributed by atoms with E-state index in [4.69, 9.17) is 4.74 Å². The van der Waals surface area contributed by atoms with Crippen molar-refractivity contribution in [3.8, 4) is 10.1 Å². The van der Waals surface area contributed by atoms with E-state index in [1.165, 1.54) is 0 Å². The van der Waals surface area contributed by atoms with Gasteiger partial charge in [0.1, 0.15) is 0 Å². The molecule has 0 N–H and O–H groups in total. The van der Waals surface area contributed by atoms with Crippen LogP contribution in [0.2, 0.25) is 0 Å². The summed E-state index contributed by atoms with van der Waals surface area (Å²) in [6.45, 7) is 0. The van der Waals surface area contributed by atoms with Crippen molar-refractivity contribution in [1.82, 2.24) is 0 Å². The van der Waals surface area contributed by atoms with Gasteiger partial charge in [-0.2, -0.15) is 0 Å². The van der Waals surface area contributed by atoms with Gasteiger partial charge in [-0.05, 0) is 35.0 Å². The van der Waals surface area contributed by atoms with E-state index in [1.807, 2.05) is 35.0 Å². The zero-order valence-electron chi connectivity index (χ0n) is 6.69. The molecule has 0 aliphatic rings. The van der Waals surface area contributed by atoms with Crippen LogP contribution in [0.5, 0.6) is 10.1 Å². The number of ether oxygens (including phenoxy) is 1. The largest absolute Gasteiger partial charge is 0.436 e. The molecule has 0 unspecified atom stereocenters. The summed E-state index contributed by atoms with van der Waals surface area (Å²) in [4.78, 5) is 0. The summed E-state index contributed by atoms with van der Waals surface area (Å²) in [6.07, 6.45) is 0. The molecule has 12 heavy (non-hydrogen) atoms. The molecule has 0 atom stereocenters. The smallest absolute Gasteiger partial charge is 0.182 e. The van der Waals surface area contributed by atoms with Gasteiger partial charge in [-0.25, -0.2) is 0 Å². The molecule has 1 radical (unpaired) electrons. The molecule has 0 spiro atoms. The van der Waals surface area contributed by atoms with Crippen molar-refractivity contribution in [3.63, 3.8) is 0 Å². The van der Waals surface area contributed by atoms with Crippen LogP contribution in [0, 0.1) is 0 Å². The molecule has 2 heterocycles. The fraction of sp³-hybridized carbons (Fsp3) is 0. The molecule has 0 aromatic carbocycles. The summed E-state index contributed by atoms with van der Waals surface area (Å²) in [6, 6.07) is 7.88. The molecule has 2 aromatic heterocycles. The van der Waals surface area contributed by atoms with Crippen LogP contribution in [0.4, 0.5) is 0 Å². The third-order valence-electron chi connectivity index (χ3n) is 1.19. The van der Waals surface area contributed by atoms with E-state index in [-0.39, 0.29) is 29.6 Å². The van der Waals surface area contributed by atoms with Crippen LogP contribution in [0.25, 0.3) is 0 Å². The van der Waals surface area contributed by atoms with Crippen molar-refractivity contribution in [2.75, 3.05) is 0 Å². The van der Waals surface area contributed by atoms with E-state index < -0.39 is 0 Å². The van der Waals surface area contributed by atoms with E-state index >= 15 is 0 Å². The Kier molecular flexibility index (Phi) is 4.32. The maximum atomic E-state index is 5.50. The van der Waals surface area contributed by atoms with Gasteiger partial charge in [0.25, 0.3) is 0 Å². The standard InChI is InChI=1S/C8H6OS2.Na/c1-3-7(10-5-1)9-8-4-2-6-11-8;/h1-6H;. The van der Waals surface area contributed by atoms with E-state index in [0.717, 1.165) is 10.1 Å². The van der Waals surface area contributed by atoms with Crippen LogP contribution in [0.1, 0.15) is 0 Å². The van der Waals surface area contributed by atoms with Crippen molar-refractivity contribution < 1.29 is 4.74 Å². The fourth-order valence-electron chi connectivity index (χ4n) is 0.742. The summed E-state index contributed by atoms with van der Waals surface area (Å²) in [7, 11) is 0. The molecule has 0 aliphatic carbocycles. The molecule has 0 saturated heterocycles. The first kappa shape index (κ1) is 10.3. The second kappa shape index (κ2) is 5.04. The Balaban J connectivity index is 0.000000720. The SMILES string of the molecule is [Na].c1csc(Oc2cccs2)c1. The second-order valence-electron chi connectivity index (χ2n) is 1.97. The zero-order chi connectivity index (χ0) is 7.52. The van der Waals surface area contributed by atoms with E-state index in [1.54, 1.807) is 22.7 Å². The van der Waals surface area contributed by atoms with Gasteiger partial charge in [0, 0.05) is 29.6 Å². The molecular weight excluding hydrogens is 199 g/mol. The van der Waals surface area contributed by atoms with E-state index in [0.29, 0.717) is 0 Å². The predicted octanol–water partition coefficient (Wildman–Crippen LogP) is 3.22. The summed E-state index contributed by atoms with van der Waals surface area (Å²) < 4.78 is 5.50. The molecule has 0 aliphatic heterocycles. The number of hydrogen-bond acceptors (Lipinski definition) is 3. The molecular formula is C8H6NaOS2. The van der Waals surface area contributed by atoms with E-state index in [9.17, 15) is 0 Å². The maximum Gasteiger partial charge on any atom is 0.182 e.